The first-order valence-corrected chi connectivity index (χ1v) is 14.5. The second kappa shape index (κ2) is 15.5. The van der Waals surface area contributed by atoms with Gasteiger partial charge >= 0.3 is 0 Å². The average molecular weight is 548 g/mol. The highest BCUT2D eigenvalue weighted by Gasteiger charge is 2.35. The Kier molecular flexibility index (Phi) is 12.2. The Morgan fingerprint density at radius 2 is 1.88 bits per heavy atom. The van der Waals surface area contributed by atoms with E-state index >= 15 is 0 Å². The quantitative estimate of drug-likeness (QED) is 0.190. The first-order chi connectivity index (χ1) is 19.3. The number of halogens is 1. The lowest BCUT2D eigenvalue weighted by molar-refractivity contribution is 0.0775. The molecule has 6 heteroatoms. The maximum absolute atomic E-state index is 14.1. The van der Waals surface area contributed by atoms with E-state index in [1.165, 1.54) is 41.9 Å². The van der Waals surface area contributed by atoms with Crippen molar-refractivity contribution in [2.45, 2.75) is 82.4 Å². The zero-order valence-corrected chi connectivity index (χ0v) is 24.3. The van der Waals surface area contributed by atoms with E-state index in [0.29, 0.717) is 30.9 Å². The van der Waals surface area contributed by atoms with E-state index in [4.69, 9.17) is 0 Å². The number of anilines is 1. The van der Waals surface area contributed by atoms with E-state index in [9.17, 15) is 14.3 Å². The van der Waals surface area contributed by atoms with Gasteiger partial charge in [-0.3, -0.25) is 4.79 Å². The molecule has 0 radical (unpaired) electrons. The Balaban J connectivity index is 1.79. The van der Waals surface area contributed by atoms with Crippen LogP contribution >= 0.6 is 0 Å². The van der Waals surface area contributed by atoms with E-state index in [2.05, 4.69) is 60.6 Å². The molecule has 5 nitrogen and oxygen atoms in total. The van der Waals surface area contributed by atoms with Crippen LogP contribution in [-0.4, -0.2) is 36.8 Å². The predicted molar refractivity (Wildman–Crippen MR) is 164 cm³/mol. The van der Waals surface area contributed by atoms with Crippen LogP contribution in [0.25, 0.3) is 0 Å². The number of carbonyl (C=O) groups is 1. The average Bonchev–Trinajstić information content (AvgIpc) is 2.98. The molecule has 40 heavy (non-hydrogen) atoms. The summed E-state index contributed by atoms with van der Waals surface area (Å²) in [5.41, 5.74) is 3.67. The minimum atomic E-state index is -0.858. The number of hydrogen-bond donors (Lipinski definition) is 4. The fourth-order valence-electron chi connectivity index (χ4n) is 5.42. The minimum Gasteiger partial charge on any atom is -0.390 e. The summed E-state index contributed by atoms with van der Waals surface area (Å²) in [6, 6.07) is 15.4. The molecule has 0 aliphatic heterocycles. The predicted octanol–water partition coefficient (Wildman–Crippen LogP) is 7.14. The molecule has 0 saturated heterocycles. The number of allylic oxidation sites excluding steroid dienone is 5. The van der Waals surface area contributed by atoms with Gasteiger partial charge in [0.25, 0.3) is 5.91 Å². The number of aliphatic hydroxyl groups excluding tert-OH is 1. The second-order valence-electron chi connectivity index (χ2n) is 11.0. The summed E-state index contributed by atoms with van der Waals surface area (Å²) >= 11 is 0. The topological polar surface area (TPSA) is 73.4 Å². The molecule has 1 fully saturated rings. The molecule has 4 N–H and O–H groups in total. The molecule has 1 aliphatic carbocycles. The molecule has 0 spiro atoms. The van der Waals surface area contributed by atoms with Crippen molar-refractivity contribution in [3.63, 3.8) is 0 Å². The Morgan fingerprint density at radius 1 is 1.12 bits per heavy atom. The van der Waals surface area contributed by atoms with Crippen molar-refractivity contribution in [3.8, 4) is 0 Å². The van der Waals surface area contributed by atoms with Gasteiger partial charge in [0.1, 0.15) is 5.83 Å². The molecule has 0 aromatic heterocycles. The van der Waals surface area contributed by atoms with Gasteiger partial charge in [0.2, 0.25) is 0 Å². The van der Waals surface area contributed by atoms with E-state index in [0.717, 1.165) is 31.4 Å². The largest absolute Gasteiger partial charge is 0.390 e. The van der Waals surface area contributed by atoms with Crippen molar-refractivity contribution in [2.24, 2.45) is 0 Å². The molecule has 2 aromatic rings. The van der Waals surface area contributed by atoms with Crippen molar-refractivity contribution in [3.05, 3.63) is 102 Å². The van der Waals surface area contributed by atoms with Gasteiger partial charge in [-0.05, 0) is 73.1 Å². The highest BCUT2D eigenvalue weighted by Crippen LogP contribution is 2.38. The van der Waals surface area contributed by atoms with Crippen molar-refractivity contribution < 1.29 is 14.3 Å². The summed E-state index contributed by atoms with van der Waals surface area (Å²) in [5, 5.41) is 21.2. The van der Waals surface area contributed by atoms with Gasteiger partial charge < -0.3 is 21.1 Å². The number of benzene rings is 2. The molecule has 2 atom stereocenters. The Morgan fingerprint density at radius 3 is 2.58 bits per heavy atom. The molecule has 216 valence electrons. The summed E-state index contributed by atoms with van der Waals surface area (Å²) in [6.07, 6.45) is 11.2. The van der Waals surface area contributed by atoms with E-state index in [1.54, 1.807) is 19.2 Å². The highest BCUT2D eigenvalue weighted by atomic mass is 19.1. The Hall–Kier alpha value is -3.22. The molecule has 2 aromatic carbocycles. The second-order valence-corrected chi connectivity index (χ2v) is 11.0. The summed E-state index contributed by atoms with van der Waals surface area (Å²) in [7, 11) is 1.80. The van der Waals surface area contributed by atoms with Gasteiger partial charge in [0, 0.05) is 30.4 Å². The number of carbonyl (C=O) groups excluding carboxylic acids is 1. The van der Waals surface area contributed by atoms with Gasteiger partial charge in [-0.25, -0.2) is 4.39 Å². The SMILES string of the molecule is C=C/C=C\C(F)=C/CCC(NC(=O)c1cccc(NC)c1)C(O)CNC1(c2cccc(C(C)C)c2)CCCCC1. The van der Waals surface area contributed by atoms with Crippen molar-refractivity contribution >= 4 is 11.6 Å². The van der Waals surface area contributed by atoms with Crippen LogP contribution in [0.3, 0.4) is 0 Å². The van der Waals surface area contributed by atoms with Gasteiger partial charge in [-0.2, -0.15) is 0 Å². The van der Waals surface area contributed by atoms with Crippen LogP contribution in [-0.2, 0) is 5.54 Å². The molecule has 1 amide bonds. The van der Waals surface area contributed by atoms with Crippen molar-refractivity contribution in [2.75, 3.05) is 18.9 Å². The normalized spacial score (nSPS) is 17.0. The lowest BCUT2D eigenvalue weighted by atomic mass is 9.75. The van der Waals surface area contributed by atoms with Gasteiger partial charge in [0.05, 0.1) is 12.1 Å². The summed E-state index contributed by atoms with van der Waals surface area (Å²) in [5.74, 6) is -0.207. The third kappa shape index (κ3) is 8.90. The van der Waals surface area contributed by atoms with Gasteiger partial charge in [0.15, 0.2) is 0 Å². The van der Waals surface area contributed by atoms with Crippen LogP contribution in [0.1, 0.15) is 86.2 Å². The molecule has 2 unspecified atom stereocenters. The maximum atomic E-state index is 14.1. The standard InChI is InChI=1S/C34H46FN3O2/c1-5-6-16-29(35)17-12-19-31(38-33(40)27-14-11-18-30(23-27)36-4)32(39)24-37-34(20-8-7-9-21-34)28-15-10-13-26(22-28)25(2)3/h5-6,10-11,13-18,22-23,25,31-32,36-37,39H,1,7-9,12,19-21,24H2,2-4H3,(H,38,40)/b16-6-,29-17+. The number of aliphatic hydroxyl groups is 1. The van der Waals surface area contributed by atoms with Crippen LogP contribution in [0.15, 0.2) is 85.2 Å². The Bertz CT molecular complexity index is 1170. The third-order valence-corrected chi connectivity index (χ3v) is 7.87. The van der Waals surface area contributed by atoms with E-state index < -0.39 is 12.1 Å². The highest BCUT2D eigenvalue weighted by molar-refractivity contribution is 5.95. The van der Waals surface area contributed by atoms with Crippen LogP contribution in [0.4, 0.5) is 10.1 Å². The zero-order valence-electron chi connectivity index (χ0n) is 24.3. The maximum Gasteiger partial charge on any atom is 0.251 e. The van der Waals surface area contributed by atoms with Gasteiger partial charge in [-0.15, -0.1) is 0 Å². The monoisotopic (exact) mass is 547 g/mol. The first-order valence-electron chi connectivity index (χ1n) is 14.5. The lowest BCUT2D eigenvalue weighted by Gasteiger charge is -2.40. The smallest absolute Gasteiger partial charge is 0.251 e. The van der Waals surface area contributed by atoms with Crippen LogP contribution in [0.5, 0.6) is 0 Å². The number of rotatable bonds is 14. The van der Waals surface area contributed by atoms with Gasteiger partial charge in [-0.1, -0.05) is 82.2 Å². The summed E-state index contributed by atoms with van der Waals surface area (Å²) in [4.78, 5) is 13.2. The molecule has 0 bridgehead atoms. The summed E-state index contributed by atoms with van der Waals surface area (Å²) < 4.78 is 14.1. The van der Waals surface area contributed by atoms with Crippen LogP contribution in [0, 0.1) is 0 Å². The fraction of sp³-hybridized carbons (Fsp3) is 0.441. The minimum absolute atomic E-state index is 0.221. The lowest BCUT2D eigenvalue weighted by Crippen LogP contribution is -2.52. The molecule has 3 rings (SSSR count). The Labute approximate surface area is 239 Å². The summed E-state index contributed by atoms with van der Waals surface area (Å²) in [6.45, 7) is 8.28. The van der Waals surface area contributed by atoms with Crippen LogP contribution < -0.4 is 16.0 Å². The molecule has 1 aliphatic rings. The fourth-order valence-corrected chi connectivity index (χ4v) is 5.42. The third-order valence-electron chi connectivity index (χ3n) is 7.87. The molecular weight excluding hydrogens is 501 g/mol. The van der Waals surface area contributed by atoms with Crippen molar-refractivity contribution in [1.29, 1.82) is 0 Å². The number of nitrogens with one attached hydrogen (secondary N) is 3. The zero-order chi connectivity index (χ0) is 29.0. The van der Waals surface area contributed by atoms with E-state index in [-0.39, 0.29) is 17.3 Å². The van der Waals surface area contributed by atoms with E-state index in [1.807, 2.05) is 12.1 Å². The van der Waals surface area contributed by atoms with Crippen molar-refractivity contribution in [1.82, 2.24) is 10.6 Å². The first kappa shape index (κ1) is 31.3. The molecular formula is C34H46FN3O2. The number of amides is 1. The van der Waals surface area contributed by atoms with Crippen LogP contribution in [0.2, 0.25) is 0 Å². The molecule has 1 saturated carbocycles. The molecule has 0 heterocycles. The number of hydrogen-bond acceptors (Lipinski definition) is 4.